The van der Waals surface area contributed by atoms with Crippen molar-refractivity contribution in [2.75, 3.05) is 7.11 Å². The third-order valence-corrected chi connectivity index (χ3v) is 8.83. The molecule has 1 aromatic heterocycles. The van der Waals surface area contributed by atoms with Gasteiger partial charge in [0.25, 0.3) is 0 Å². The lowest BCUT2D eigenvalue weighted by Gasteiger charge is -2.45. The quantitative estimate of drug-likeness (QED) is 0.422. The third kappa shape index (κ3) is 5.41. The van der Waals surface area contributed by atoms with Crippen LogP contribution in [-0.4, -0.2) is 30.5 Å². The van der Waals surface area contributed by atoms with Crippen molar-refractivity contribution < 1.29 is 19.0 Å². The van der Waals surface area contributed by atoms with E-state index in [0.717, 1.165) is 64.2 Å². The minimum Gasteiger partial charge on any atom is -0.465 e. The molecule has 0 aliphatic heterocycles. The zero-order chi connectivity index (χ0) is 20.9. The summed E-state index contributed by atoms with van der Waals surface area (Å²) in [5.41, 5.74) is 0.161. The largest absolute Gasteiger partial charge is 0.465 e. The summed E-state index contributed by atoms with van der Waals surface area (Å²) < 4.78 is 19.3. The molecule has 2 fully saturated rings. The van der Waals surface area contributed by atoms with E-state index in [9.17, 15) is 14.3 Å². The molecule has 2 unspecified atom stereocenters. The standard InChI is InChI=1S/C24H37FO3S/c1-3-24(15-6-16-24)22(26)10-5-9-19-17(11-13-20(19)25)7-4-8-18-12-14-21(29-18)23(27)28-2/h12,14,17,19-20,22,26H,3-11,13,15-16H2,1-2H3/t17-,19?,20+,22?/m0/s1. The van der Waals surface area contributed by atoms with Crippen LogP contribution in [0, 0.1) is 17.3 Å². The van der Waals surface area contributed by atoms with E-state index < -0.39 is 6.17 Å². The highest BCUT2D eigenvalue weighted by Gasteiger charge is 2.42. The second-order valence-electron chi connectivity index (χ2n) is 9.18. The second-order valence-corrected chi connectivity index (χ2v) is 10.4. The Morgan fingerprint density at radius 3 is 2.76 bits per heavy atom. The van der Waals surface area contributed by atoms with Crippen LogP contribution in [0.4, 0.5) is 4.39 Å². The van der Waals surface area contributed by atoms with E-state index in [-0.39, 0.29) is 23.4 Å². The average molecular weight is 425 g/mol. The fraction of sp³-hybridized carbons (Fsp3) is 0.792. The van der Waals surface area contributed by atoms with Gasteiger partial charge in [0.15, 0.2) is 0 Å². The fourth-order valence-electron chi connectivity index (χ4n) is 5.54. The molecule has 0 radical (unpaired) electrons. The average Bonchev–Trinajstić information content (AvgIpc) is 3.29. The van der Waals surface area contributed by atoms with Crippen molar-refractivity contribution in [2.45, 2.75) is 96.2 Å². The van der Waals surface area contributed by atoms with Gasteiger partial charge >= 0.3 is 5.97 Å². The molecule has 164 valence electrons. The molecule has 3 rings (SSSR count). The van der Waals surface area contributed by atoms with E-state index in [1.807, 2.05) is 12.1 Å². The summed E-state index contributed by atoms with van der Waals surface area (Å²) in [4.78, 5) is 13.4. The van der Waals surface area contributed by atoms with Gasteiger partial charge in [-0.3, -0.25) is 0 Å². The number of esters is 1. The molecule has 0 bridgehead atoms. The molecular weight excluding hydrogens is 387 g/mol. The predicted octanol–water partition coefficient (Wildman–Crippen LogP) is 6.33. The van der Waals surface area contributed by atoms with Crippen LogP contribution < -0.4 is 0 Å². The number of aliphatic hydroxyl groups is 1. The van der Waals surface area contributed by atoms with Crippen molar-refractivity contribution >= 4 is 17.3 Å². The molecular formula is C24H37FO3S. The summed E-state index contributed by atoms with van der Waals surface area (Å²) in [5, 5.41) is 10.6. The lowest BCUT2D eigenvalue weighted by molar-refractivity contribution is -0.0440. The van der Waals surface area contributed by atoms with E-state index in [4.69, 9.17) is 4.74 Å². The highest BCUT2D eigenvalue weighted by atomic mass is 32.1. The molecule has 1 N–H and O–H groups in total. The summed E-state index contributed by atoms with van der Waals surface area (Å²) in [6, 6.07) is 3.84. The van der Waals surface area contributed by atoms with E-state index in [1.165, 1.54) is 29.7 Å². The third-order valence-electron chi connectivity index (χ3n) is 7.70. The number of aliphatic hydroxyl groups excluding tert-OH is 1. The van der Waals surface area contributed by atoms with Gasteiger partial charge in [-0.25, -0.2) is 9.18 Å². The molecule has 2 saturated carbocycles. The number of ether oxygens (including phenoxy) is 1. The van der Waals surface area contributed by atoms with Crippen molar-refractivity contribution in [1.82, 2.24) is 0 Å². The van der Waals surface area contributed by atoms with Gasteiger partial charge in [-0.05, 0) is 93.6 Å². The lowest BCUT2D eigenvalue weighted by Crippen LogP contribution is -2.40. The van der Waals surface area contributed by atoms with E-state index in [0.29, 0.717) is 17.2 Å². The number of aryl methyl sites for hydroxylation is 1. The molecule has 0 amide bonds. The van der Waals surface area contributed by atoms with Crippen LogP contribution in [0.1, 0.15) is 92.1 Å². The normalized spacial score (nSPS) is 26.8. The molecule has 1 heterocycles. The van der Waals surface area contributed by atoms with Crippen LogP contribution in [0.15, 0.2) is 12.1 Å². The van der Waals surface area contributed by atoms with Crippen molar-refractivity contribution in [3.05, 3.63) is 21.9 Å². The highest BCUT2D eigenvalue weighted by Crippen LogP contribution is 2.48. The molecule has 5 heteroatoms. The van der Waals surface area contributed by atoms with Gasteiger partial charge in [0, 0.05) is 4.88 Å². The number of hydrogen-bond acceptors (Lipinski definition) is 4. The Balaban J connectivity index is 1.41. The Morgan fingerprint density at radius 1 is 1.31 bits per heavy atom. The van der Waals surface area contributed by atoms with Gasteiger partial charge in [0.05, 0.1) is 13.2 Å². The maximum absolute atomic E-state index is 14.5. The van der Waals surface area contributed by atoms with Crippen LogP contribution in [0.2, 0.25) is 0 Å². The molecule has 0 spiro atoms. The molecule has 2 aliphatic rings. The number of hydrogen-bond donors (Lipinski definition) is 1. The maximum atomic E-state index is 14.5. The fourth-order valence-corrected chi connectivity index (χ4v) is 6.51. The van der Waals surface area contributed by atoms with Gasteiger partial charge in [0.2, 0.25) is 0 Å². The SMILES string of the molecule is CCC1(C(O)CCCC2[C@@H](CCCc3ccc(C(=O)OC)s3)CC[C@H]2F)CCC1. The Morgan fingerprint density at radius 2 is 2.10 bits per heavy atom. The molecule has 29 heavy (non-hydrogen) atoms. The number of rotatable bonds is 11. The predicted molar refractivity (Wildman–Crippen MR) is 116 cm³/mol. The Bertz CT molecular complexity index is 649. The summed E-state index contributed by atoms with van der Waals surface area (Å²) in [5.74, 6) is 0.354. The molecule has 2 aliphatic carbocycles. The number of halogens is 1. The zero-order valence-electron chi connectivity index (χ0n) is 18.0. The molecule has 4 atom stereocenters. The lowest BCUT2D eigenvalue weighted by atomic mass is 9.62. The minimum atomic E-state index is -0.673. The second kappa shape index (κ2) is 10.4. The summed E-state index contributed by atoms with van der Waals surface area (Å²) in [7, 11) is 1.41. The van der Waals surface area contributed by atoms with Crippen LogP contribution in [0.25, 0.3) is 0 Å². The van der Waals surface area contributed by atoms with Gasteiger partial charge in [0.1, 0.15) is 11.0 Å². The van der Waals surface area contributed by atoms with Crippen molar-refractivity contribution in [3.63, 3.8) is 0 Å². The number of methoxy groups -OCH3 is 1. The first kappa shape index (κ1) is 22.7. The summed E-state index contributed by atoms with van der Waals surface area (Å²) >= 11 is 1.50. The van der Waals surface area contributed by atoms with Gasteiger partial charge in [-0.2, -0.15) is 0 Å². The number of carbonyl (C=O) groups is 1. The smallest absolute Gasteiger partial charge is 0.348 e. The van der Waals surface area contributed by atoms with Crippen LogP contribution in [0.3, 0.4) is 0 Å². The van der Waals surface area contributed by atoms with E-state index in [1.54, 1.807) is 0 Å². The summed E-state index contributed by atoms with van der Waals surface area (Å²) in [6.07, 6.45) is 11.1. The van der Waals surface area contributed by atoms with E-state index >= 15 is 0 Å². The Kier molecular flexibility index (Phi) is 8.15. The molecule has 0 saturated heterocycles. The molecule has 3 nitrogen and oxygen atoms in total. The topological polar surface area (TPSA) is 46.5 Å². The molecule has 0 aromatic carbocycles. The first-order valence-corrected chi connectivity index (χ1v) is 12.3. The minimum absolute atomic E-state index is 0.161. The van der Waals surface area contributed by atoms with Crippen LogP contribution >= 0.6 is 11.3 Å². The number of carbonyl (C=O) groups excluding carboxylic acids is 1. The van der Waals surface area contributed by atoms with E-state index in [2.05, 4.69) is 6.92 Å². The van der Waals surface area contributed by atoms with Gasteiger partial charge < -0.3 is 9.84 Å². The maximum Gasteiger partial charge on any atom is 0.348 e. The first-order valence-electron chi connectivity index (χ1n) is 11.5. The Hall–Kier alpha value is -0.940. The number of thiophene rings is 1. The van der Waals surface area contributed by atoms with Gasteiger partial charge in [-0.1, -0.05) is 19.8 Å². The first-order chi connectivity index (χ1) is 14.0. The van der Waals surface area contributed by atoms with Crippen LogP contribution in [0.5, 0.6) is 0 Å². The molecule has 1 aromatic rings. The Labute approximate surface area is 179 Å². The van der Waals surface area contributed by atoms with Crippen molar-refractivity contribution in [1.29, 1.82) is 0 Å². The van der Waals surface area contributed by atoms with Crippen LogP contribution in [-0.2, 0) is 11.2 Å². The van der Waals surface area contributed by atoms with Crippen molar-refractivity contribution in [3.8, 4) is 0 Å². The monoisotopic (exact) mass is 424 g/mol. The van der Waals surface area contributed by atoms with Gasteiger partial charge in [-0.15, -0.1) is 11.3 Å². The summed E-state index contributed by atoms with van der Waals surface area (Å²) in [6.45, 7) is 2.19. The highest BCUT2D eigenvalue weighted by molar-refractivity contribution is 7.13. The number of alkyl halides is 1. The zero-order valence-corrected chi connectivity index (χ0v) is 18.8. The van der Waals surface area contributed by atoms with Crippen molar-refractivity contribution in [2.24, 2.45) is 17.3 Å².